The summed E-state index contributed by atoms with van der Waals surface area (Å²) in [7, 11) is 0. The highest BCUT2D eigenvalue weighted by Gasteiger charge is 2.40. The Morgan fingerprint density at radius 1 is 1.30 bits per heavy atom. The summed E-state index contributed by atoms with van der Waals surface area (Å²) in [5.41, 5.74) is 1.64. The van der Waals surface area contributed by atoms with Crippen LogP contribution in [0.2, 0.25) is 0 Å². The molecular formula is C23H28ClFN4O3S. The number of ketones is 1. The third-order valence-corrected chi connectivity index (χ3v) is 6.47. The highest BCUT2D eigenvalue weighted by atomic mass is 35.5. The van der Waals surface area contributed by atoms with Gasteiger partial charge in [-0.05, 0) is 37.8 Å². The molecule has 2 aromatic rings. The van der Waals surface area contributed by atoms with E-state index in [4.69, 9.17) is 17.4 Å². The van der Waals surface area contributed by atoms with Crippen LogP contribution in [0.3, 0.4) is 0 Å². The molecule has 0 radical (unpaired) electrons. The number of aromatic nitrogens is 3. The molecule has 1 aliphatic carbocycles. The van der Waals surface area contributed by atoms with Crippen LogP contribution in [-0.2, 0) is 16.1 Å². The number of piperidine rings is 1. The van der Waals surface area contributed by atoms with Crippen LogP contribution >= 0.6 is 25.0 Å². The van der Waals surface area contributed by atoms with Crippen LogP contribution < -0.4 is 0 Å². The van der Waals surface area contributed by atoms with E-state index in [1.54, 1.807) is 36.0 Å². The third kappa shape index (κ3) is 6.02. The predicted molar refractivity (Wildman–Crippen MR) is 127 cm³/mol. The first kappa shape index (κ1) is 25.4. The number of rotatable bonds is 8. The van der Waals surface area contributed by atoms with Crippen LogP contribution in [0.5, 0.6) is 0 Å². The molecule has 33 heavy (non-hydrogen) atoms. The molecule has 1 aliphatic heterocycles. The summed E-state index contributed by atoms with van der Waals surface area (Å²) in [5.74, 6) is -0.729. The van der Waals surface area contributed by atoms with Crippen molar-refractivity contribution in [2.45, 2.75) is 44.0 Å². The van der Waals surface area contributed by atoms with Crippen molar-refractivity contribution in [2.24, 2.45) is 5.92 Å². The number of benzene rings is 1. The van der Waals surface area contributed by atoms with Gasteiger partial charge in [-0.1, -0.05) is 29.5 Å². The van der Waals surface area contributed by atoms with Crippen LogP contribution in [0, 0.1) is 11.7 Å². The lowest BCUT2D eigenvalue weighted by Crippen LogP contribution is -2.42. The van der Waals surface area contributed by atoms with Crippen LogP contribution in [0.25, 0.3) is 0 Å². The summed E-state index contributed by atoms with van der Waals surface area (Å²) in [6.07, 6.45) is 6.05. The fourth-order valence-electron chi connectivity index (χ4n) is 4.03. The summed E-state index contributed by atoms with van der Waals surface area (Å²) >= 11 is 4.72. The van der Waals surface area contributed by atoms with E-state index < -0.39 is 12.0 Å². The molecule has 2 aliphatic rings. The summed E-state index contributed by atoms with van der Waals surface area (Å²) < 4.78 is 21.1. The van der Waals surface area contributed by atoms with Crippen LogP contribution in [0.1, 0.15) is 48.3 Å². The molecule has 7 nitrogen and oxygen atoms in total. The zero-order chi connectivity index (χ0) is 22.7. The lowest BCUT2D eigenvalue weighted by molar-refractivity contribution is -0.126. The molecule has 0 N–H and O–H groups in total. The third-order valence-electron chi connectivity index (χ3n) is 5.88. The van der Waals surface area contributed by atoms with Gasteiger partial charge >= 0.3 is 5.97 Å². The first-order valence-electron chi connectivity index (χ1n) is 10.9. The lowest BCUT2D eigenvalue weighted by Gasteiger charge is -2.37. The second-order valence-electron chi connectivity index (χ2n) is 8.20. The van der Waals surface area contributed by atoms with E-state index in [0.717, 1.165) is 24.8 Å². The van der Waals surface area contributed by atoms with E-state index in [1.165, 1.54) is 6.07 Å². The Morgan fingerprint density at radius 2 is 2.06 bits per heavy atom. The molecule has 1 aromatic carbocycles. The largest absolute Gasteiger partial charge is 0.461 e. The molecule has 10 heteroatoms. The van der Waals surface area contributed by atoms with Crippen molar-refractivity contribution >= 4 is 36.8 Å². The minimum Gasteiger partial charge on any atom is -0.461 e. The first-order chi connectivity index (χ1) is 15.5. The molecule has 1 saturated carbocycles. The van der Waals surface area contributed by atoms with Crippen molar-refractivity contribution in [1.29, 1.82) is 0 Å². The van der Waals surface area contributed by atoms with Crippen molar-refractivity contribution in [3.05, 3.63) is 59.2 Å². The van der Waals surface area contributed by atoms with Gasteiger partial charge < -0.3 is 4.74 Å². The van der Waals surface area contributed by atoms with Crippen molar-refractivity contribution in [1.82, 2.24) is 19.9 Å². The van der Waals surface area contributed by atoms with Crippen LogP contribution in [-0.4, -0.2) is 56.6 Å². The Kier molecular flexibility index (Phi) is 8.67. The standard InChI is InChI=1S/C23H27FN4O3S.ClH/c1-2-31-23(30)19-14-28(26-25-19)12-9-16-13-27(11-10-20(16)32)21(22(29)15-7-8-15)17-5-3-4-6-18(17)24;/h3-6,9,14-15,20-21,32H,2,7-8,10-13H2,1H3;1H/b16-9-;. The van der Waals surface area contributed by atoms with Crippen molar-refractivity contribution < 1.29 is 18.7 Å². The molecule has 2 unspecified atom stereocenters. The topological polar surface area (TPSA) is 77.3 Å². The number of likely N-dealkylation sites (tertiary alicyclic amines) is 1. The molecule has 178 valence electrons. The minimum absolute atomic E-state index is 0. The van der Waals surface area contributed by atoms with E-state index in [0.29, 0.717) is 25.2 Å². The van der Waals surface area contributed by atoms with Crippen LogP contribution in [0.4, 0.5) is 4.39 Å². The fraction of sp³-hybridized carbons (Fsp3) is 0.478. The Hall–Kier alpha value is -2.23. The number of nitrogens with zero attached hydrogens (tertiary/aromatic N) is 4. The van der Waals surface area contributed by atoms with Gasteiger partial charge in [0.05, 0.1) is 25.4 Å². The van der Waals surface area contributed by atoms with Gasteiger partial charge in [-0.2, -0.15) is 12.6 Å². The molecule has 1 aromatic heterocycles. The number of hydrogen-bond acceptors (Lipinski definition) is 7. The van der Waals surface area contributed by atoms with Crippen LogP contribution in [0.15, 0.2) is 42.1 Å². The molecule has 0 bridgehead atoms. The smallest absolute Gasteiger partial charge is 0.360 e. The van der Waals surface area contributed by atoms with E-state index >= 15 is 0 Å². The van der Waals surface area contributed by atoms with Gasteiger partial charge in [0.2, 0.25) is 0 Å². The van der Waals surface area contributed by atoms with E-state index in [-0.39, 0.29) is 47.5 Å². The molecular weight excluding hydrogens is 467 g/mol. The van der Waals surface area contributed by atoms with Gasteiger partial charge in [0.15, 0.2) is 11.5 Å². The Labute approximate surface area is 204 Å². The van der Waals surface area contributed by atoms with E-state index in [9.17, 15) is 14.0 Å². The number of Topliss-reactive ketones (excluding diaryl/α,β-unsaturated/α-hetero) is 1. The molecule has 0 amide bonds. The van der Waals surface area contributed by atoms with Gasteiger partial charge in [-0.25, -0.2) is 13.9 Å². The average molecular weight is 495 g/mol. The monoisotopic (exact) mass is 494 g/mol. The normalized spacial score (nSPS) is 20.8. The highest BCUT2D eigenvalue weighted by Crippen LogP contribution is 2.39. The SMILES string of the molecule is CCOC(=O)c1cn(C/C=C2/CN(C(C(=O)C3CC3)c3ccccc3F)CCC2S)nn1.Cl. The van der Waals surface area contributed by atoms with Gasteiger partial charge in [0.25, 0.3) is 0 Å². The fourth-order valence-corrected chi connectivity index (χ4v) is 4.33. The summed E-state index contributed by atoms with van der Waals surface area (Å²) in [4.78, 5) is 27.0. The molecule has 2 fully saturated rings. The Morgan fingerprint density at radius 3 is 2.76 bits per heavy atom. The van der Waals surface area contributed by atoms with E-state index in [1.807, 2.05) is 6.08 Å². The number of allylic oxidation sites excluding steroid dienone is 1. The maximum absolute atomic E-state index is 14.6. The summed E-state index contributed by atoms with van der Waals surface area (Å²) in [6.45, 7) is 3.60. The minimum atomic E-state index is -0.588. The second-order valence-corrected chi connectivity index (χ2v) is 8.82. The number of carbonyl (C=O) groups excluding carboxylic acids is 2. The highest BCUT2D eigenvalue weighted by molar-refractivity contribution is 7.81. The maximum Gasteiger partial charge on any atom is 0.360 e. The van der Waals surface area contributed by atoms with Crippen molar-refractivity contribution in [2.75, 3.05) is 19.7 Å². The number of esters is 1. The number of carbonyl (C=O) groups is 2. The summed E-state index contributed by atoms with van der Waals surface area (Å²) in [6, 6.07) is 5.96. The van der Waals surface area contributed by atoms with Gasteiger partial charge in [0, 0.05) is 29.8 Å². The second kappa shape index (κ2) is 11.3. The number of thiol groups is 1. The van der Waals surface area contributed by atoms with Gasteiger partial charge in [-0.3, -0.25) is 9.69 Å². The first-order valence-corrected chi connectivity index (χ1v) is 11.5. The predicted octanol–water partition coefficient (Wildman–Crippen LogP) is 3.67. The quantitative estimate of drug-likeness (QED) is 0.343. The lowest BCUT2D eigenvalue weighted by atomic mass is 9.93. The zero-order valence-corrected chi connectivity index (χ0v) is 20.1. The Bertz CT molecular complexity index is 1030. The van der Waals surface area contributed by atoms with Crippen molar-refractivity contribution in [3.8, 4) is 0 Å². The maximum atomic E-state index is 14.6. The number of ether oxygens (including phenoxy) is 1. The summed E-state index contributed by atoms with van der Waals surface area (Å²) in [5, 5.41) is 7.87. The molecule has 1 saturated heterocycles. The van der Waals surface area contributed by atoms with E-state index in [2.05, 4.69) is 15.2 Å². The zero-order valence-electron chi connectivity index (χ0n) is 18.4. The van der Waals surface area contributed by atoms with Gasteiger partial charge in [-0.15, -0.1) is 17.5 Å². The Balaban J connectivity index is 0.00000306. The number of halogens is 2. The number of hydrogen-bond donors (Lipinski definition) is 1. The molecule has 0 spiro atoms. The average Bonchev–Trinajstić information content (AvgIpc) is 3.53. The van der Waals surface area contributed by atoms with Crippen molar-refractivity contribution in [3.63, 3.8) is 0 Å². The molecule has 2 heterocycles. The molecule has 4 rings (SSSR count). The van der Waals surface area contributed by atoms with Gasteiger partial charge in [0.1, 0.15) is 5.82 Å². The molecule has 2 atom stereocenters.